The van der Waals surface area contributed by atoms with Crippen molar-refractivity contribution in [3.63, 3.8) is 0 Å². The van der Waals surface area contributed by atoms with Crippen molar-refractivity contribution in [3.8, 4) is 0 Å². The summed E-state index contributed by atoms with van der Waals surface area (Å²) < 4.78 is 0. The van der Waals surface area contributed by atoms with Crippen molar-refractivity contribution in [2.45, 2.75) is 12.8 Å². The molecule has 0 aromatic heterocycles. The van der Waals surface area contributed by atoms with Gasteiger partial charge in [0.05, 0.1) is 5.69 Å². The van der Waals surface area contributed by atoms with Gasteiger partial charge in [0.1, 0.15) is 5.84 Å². The smallest absolute Gasteiger partial charge is 0.227 e. The van der Waals surface area contributed by atoms with Crippen LogP contribution in [0.2, 0.25) is 0 Å². The summed E-state index contributed by atoms with van der Waals surface area (Å²) in [6.45, 7) is 1.98. The lowest BCUT2D eigenvalue weighted by molar-refractivity contribution is 0.514. The number of nitrogens with one attached hydrogen (secondary N) is 1. The van der Waals surface area contributed by atoms with Gasteiger partial charge in [-0.3, -0.25) is 0 Å². The van der Waals surface area contributed by atoms with Gasteiger partial charge in [-0.25, -0.2) is 4.99 Å². The summed E-state index contributed by atoms with van der Waals surface area (Å²) in [5.41, 5.74) is 2.96. The van der Waals surface area contributed by atoms with Crippen LogP contribution in [0.4, 0.5) is 11.4 Å². The van der Waals surface area contributed by atoms with Crippen molar-refractivity contribution < 1.29 is 0 Å². The van der Waals surface area contributed by atoms with E-state index in [2.05, 4.69) is 22.3 Å². The number of hydrogen-bond donors (Lipinski definition) is 1. The molecule has 140 valence electrons. The SMILES string of the molecule is c1ccc(N=C(/N=C(/Nc2ccccc2)c2ccccc2)N2CCCC2)cc1. The Morgan fingerprint density at radius 2 is 1.29 bits per heavy atom. The maximum Gasteiger partial charge on any atom is 0.227 e. The van der Waals surface area contributed by atoms with Crippen molar-refractivity contribution >= 4 is 23.2 Å². The number of nitrogens with zero attached hydrogens (tertiary/aromatic N) is 3. The maximum absolute atomic E-state index is 5.00. The Kier molecular flexibility index (Phi) is 5.78. The van der Waals surface area contributed by atoms with Crippen molar-refractivity contribution in [2.75, 3.05) is 18.4 Å². The number of guanidine groups is 1. The van der Waals surface area contributed by atoms with Gasteiger partial charge in [0.25, 0.3) is 0 Å². The van der Waals surface area contributed by atoms with Crippen LogP contribution in [0.3, 0.4) is 0 Å². The Balaban J connectivity index is 1.75. The molecule has 3 aromatic rings. The summed E-state index contributed by atoms with van der Waals surface area (Å²) in [7, 11) is 0. The first-order valence-electron chi connectivity index (χ1n) is 9.73. The molecule has 0 unspecified atom stereocenters. The number of benzene rings is 3. The van der Waals surface area contributed by atoms with E-state index < -0.39 is 0 Å². The van der Waals surface area contributed by atoms with Gasteiger partial charge < -0.3 is 10.2 Å². The van der Waals surface area contributed by atoms with Gasteiger partial charge in [0.15, 0.2) is 0 Å². The van der Waals surface area contributed by atoms with E-state index in [0.29, 0.717) is 0 Å². The van der Waals surface area contributed by atoms with Crippen LogP contribution in [-0.2, 0) is 0 Å². The third-order valence-electron chi connectivity index (χ3n) is 4.67. The van der Waals surface area contributed by atoms with E-state index >= 15 is 0 Å². The summed E-state index contributed by atoms with van der Waals surface area (Å²) >= 11 is 0. The highest BCUT2D eigenvalue weighted by atomic mass is 15.3. The van der Waals surface area contributed by atoms with Crippen LogP contribution in [0.15, 0.2) is 101 Å². The second-order valence-electron chi connectivity index (χ2n) is 6.76. The Hall–Kier alpha value is -3.40. The average Bonchev–Trinajstić information content (AvgIpc) is 3.30. The summed E-state index contributed by atoms with van der Waals surface area (Å²) in [5, 5.41) is 3.48. The number of likely N-dealkylation sites (tertiary alicyclic amines) is 1. The topological polar surface area (TPSA) is 40.0 Å². The summed E-state index contributed by atoms with van der Waals surface area (Å²) in [6, 6.07) is 30.4. The molecule has 4 rings (SSSR count). The molecule has 0 atom stereocenters. The molecule has 4 heteroatoms. The van der Waals surface area contributed by atoms with Gasteiger partial charge in [-0.2, -0.15) is 4.99 Å². The number of aliphatic imine (C=N–C) groups is 2. The van der Waals surface area contributed by atoms with Crippen LogP contribution in [0, 0.1) is 0 Å². The molecule has 1 aliphatic rings. The van der Waals surface area contributed by atoms with E-state index in [4.69, 9.17) is 9.98 Å². The Morgan fingerprint density at radius 1 is 0.714 bits per heavy atom. The van der Waals surface area contributed by atoms with Crippen LogP contribution >= 0.6 is 0 Å². The van der Waals surface area contributed by atoms with Crippen LogP contribution in [0.5, 0.6) is 0 Å². The van der Waals surface area contributed by atoms with Gasteiger partial charge >= 0.3 is 0 Å². The number of hydrogen-bond acceptors (Lipinski definition) is 1. The Labute approximate surface area is 166 Å². The molecule has 0 spiro atoms. The van der Waals surface area contributed by atoms with Crippen molar-refractivity contribution in [3.05, 3.63) is 96.6 Å². The number of para-hydroxylation sites is 2. The Morgan fingerprint density at radius 3 is 1.93 bits per heavy atom. The normalized spacial score (nSPS) is 14.9. The second kappa shape index (κ2) is 9.00. The van der Waals surface area contributed by atoms with Crippen LogP contribution < -0.4 is 5.32 Å². The third-order valence-corrected chi connectivity index (χ3v) is 4.67. The fourth-order valence-corrected chi connectivity index (χ4v) is 3.22. The molecule has 0 saturated carbocycles. The highest BCUT2D eigenvalue weighted by Crippen LogP contribution is 2.17. The van der Waals surface area contributed by atoms with Crippen molar-refractivity contribution in [1.29, 1.82) is 0 Å². The molecule has 28 heavy (non-hydrogen) atoms. The van der Waals surface area contributed by atoms with Crippen molar-refractivity contribution in [1.82, 2.24) is 4.90 Å². The van der Waals surface area contributed by atoms with Crippen molar-refractivity contribution in [2.24, 2.45) is 9.98 Å². The average molecular weight is 368 g/mol. The standard InChI is InChI=1S/C24H24N4/c1-4-12-20(13-5-1)23(25-21-14-6-2-7-15-21)27-24(28-18-10-11-19-28)26-22-16-8-3-9-17-22/h1-9,12-17H,10-11,18-19H2,(H,25,26,27). The molecule has 0 bridgehead atoms. The molecule has 3 aromatic carbocycles. The quantitative estimate of drug-likeness (QED) is 0.501. The van der Waals surface area contributed by atoms with E-state index in [-0.39, 0.29) is 0 Å². The first-order valence-corrected chi connectivity index (χ1v) is 9.73. The zero-order valence-corrected chi connectivity index (χ0v) is 15.8. The lowest BCUT2D eigenvalue weighted by atomic mass is 10.2. The molecule has 1 fully saturated rings. The minimum atomic E-state index is 0.756. The van der Waals surface area contributed by atoms with Gasteiger partial charge in [-0.05, 0) is 37.1 Å². The molecule has 1 heterocycles. The maximum atomic E-state index is 5.00. The highest BCUT2D eigenvalue weighted by molar-refractivity contribution is 6.13. The number of amidine groups is 1. The predicted octanol–water partition coefficient (Wildman–Crippen LogP) is 5.33. The number of anilines is 1. The van der Waals surface area contributed by atoms with E-state index in [9.17, 15) is 0 Å². The summed E-state index contributed by atoms with van der Waals surface area (Å²) in [6.07, 6.45) is 2.35. The van der Waals surface area contributed by atoms with Gasteiger partial charge in [0, 0.05) is 24.3 Å². The first kappa shape index (κ1) is 18.0. The van der Waals surface area contributed by atoms with Crippen LogP contribution in [0.25, 0.3) is 0 Å². The molecular formula is C24H24N4. The predicted molar refractivity (Wildman–Crippen MR) is 117 cm³/mol. The van der Waals surface area contributed by atoms with Crippen LogP contribution in [-0.4, -0.2) is 29.8 Å². The minimum Gasteiger partial charge on any atom is -0.341 e. The molecule has 0 radical (unpaired) electrons. The fraction of sp³-hybridized carbons (Fsp3) is 0.167. The lowest BCUT2D eigenvalue weighted by Gasteiger charge is -2.18. The minimum absolute atomic E-state index is 0.756. The first-order chi connectivity index (χ1) is 13.9. The molecule has 1 aliphatic heterocycles. The van der Waals surface area contributed by atoms with E-state index in [1.807, 2.05) is 78.9 Å². The van der Waals surface area contributed by atoms with Crippen LogP contribution in [0.1, 0.15) is 18.4 Å². The summed E-state index contributed by atoms with van der Waals surface area (Å²) in [5.74, 6) is 1.55. The largest absolute Gasteiger partial charge is 0.341 e. The molecular weight excluding hydrogens is 344 g/mol. The van der Waals surface area contributed by atoms with E-state index in [1.165, 1.54) is 12.8 Å². The second-order valence-corrected chi connectivity index (χ2v) is 6.76. The molecule has 1 saturated heterocycles. The number of rotatable bonds is 3. The van der Waals surface area contributed by atoms with Gasteiger partial charge in [-0.1, -0.05) is 66.7 Å². The summed E-state index contributed by atoms with van der Waals surface area (Å²) in [4.78, 5) is 12.1. The fourth-order valence-electron chi connectivity index (χ4n) is 3.22. The molecule has 4 nitrogen and oxygen atoms in total. The third kappa shape index (κ3) is 4.65. The van der Waals surface area contributed by atoms with E-state index in [0.717, 1.165) is 41.8 Å². The zero-order chi connectivity index (χ0) is 19.0. The lowest BCUT2D eigenvalue weighted by Crippen LogP contribution is -2.28. The molecule has 1 N–H and O–H groups in total. The highest BCUT2D eigenvalue weighted by Gasteiger charge is 2.17. The monoisotopic (exact) mass is 368 g/mol. The van der Waals surface area contributed by atoms with Gasteiger partial charge in [0.2, 0.25) is 5.96 Å². The van der Waals surface area contributed by atoms with Gasteiger partial charge in [-0.15, -0.1) is 0 Å². The molecule has 0 aliphatic carbocycles. The van der Waals surface area contributed by atoms with E-state index in [1.54, 1.807) is 0 Å². The zero-order valence-electron chi connectivity index (χ0n) is 15.8. The Bertz CT molecular complexity index is 928. The molecule has 0 amide bonds.